The molecule has 0 aromatic carbocycles. The monoisotopic (exact) mass is 99.0 g/mol. The van der Waals surface area contributed by atoms with E-state index in [9.17, 15) is 0 Å². The summed E-state index contributed by atoms with van der Waals surface area (Å²) >= 11 is 0. The molecule has 0 saturated carbocycles. The number of hydrogen-bond donors (Lipinski definition) is 2. The van der Waals surface area contributed by atoms with Crippen molar-refractivity contribution in [2.24, 2.45) is 0 Å². The second-order valence-corrected chi connectivity index (χ2v) is 1.18. The van der Waals surface area contributed by atoms with E-state index in [1.165, 1.54) is 17.2 Å². The Labute approximate surface area is 40.2 Å². The standard InChI is InChI=1S/C3H5N3O/c4-6-1-3(7)5-2-6/h1-2,7H,4H2. The van der Waals surface area contributed by atoms with Gasteiger partial charge in [0.2, 0.25) is 5.88 Å². The van der Waals surface area contributed by atoms with Crippen LogP contribution >= 0.6 is 0 Å². The highest BCUT2D eigenvalue weighted by molar-refractivity contribution is 4.99. The second kappa shape index (κ2) is 1.14. The molecule has 0 radical (unpaired) electrons. The van der Waals surface area contributed by atoms with E-state index in [4.69, 9.17) is 10.9 Å². The predicted molar refractivity (Wildman–Crippen MR) is 24.0 cm³/mol. The topological polar surface area (TPSA) is 64.1 Å². The smallest absolute Gasteiger partial charge is 0.231 e. The lowest BCUT2D eigenvalue weighted by atomic mass is 10.9. The molecule has 1 aromatic rings. The van der Waals surface area contributed by atoms with E-state index >= 15 is 0 Å². The molecule has 0 saturated heterocycles. The molecule has 0 aliphatic heterocycles. The fourth-order valence-corrected chi connectivity index (χ4v) is 0.326. The van der Waals surface area contributed by atoms with Crippen molar-refractivity contribution in [1.82, 2.24) is 9.66 Å². The lowest BCUT2D eigenvalue weighted by Crippen LogP contribution is -2.02. The van der Waals surface area contributed by atoms with Crippen molar-refractivity contribution < 1.29 is 5.11 Å². The molecular formula is C3H5N3O. The lowest BCUT2D eigenvalue weighted by molar-refractivity contribution is 0.456. The number of aromatic hydroxyl groups is 1. The summed E-state index contributed by atoms with van der Waals surface area (Å²) in [6.45, 7) is 0. The molecule has 0 aliphatic rings. The minimum Gasteiger partial charge on any atom is -0.492 e. The van der Waals surface area contributed by atoms with Crippen molar-refractivity contribution in [3.8, 4) is 5.88 Å². The molecule has 7 heavy (non-hydrogen) atoms. The van der Waals surface area contributed by atoms with E-state index < -0.39 is 0 Å². The molecule has 0 fully saturated rings. The number of rotatable bonds is 0. The number of nitrogens with zero attached hydrogens (tertiary/aromatic N) is 2. The number of aromatic nitrogens is 2. The molecule has 1 rings (SSSR count). The Kier molecular flexibility index (Phi) is 0.651. The first-order valence-electron chi connectivity index (χ1n) is 1.77. The fraction of sp³-hybridized carbons (Fsp3) is 0. The maximum absolute atomic E-state index is 8.44. The molecule has 0 atom stereocenters. The zero-order chi connectivity index (χ0) is 5.28. The summed E-state index contributed by atoms with van der Waals surface area (Å²) in [5.74, 6) is 5.02. The SMILES string of the molecule is Nn1cnc(O)c1. The van der Waals surface area contributed by atoms with Gasteiger partial charge in [-0.3, -0.25) is 4.68 Å². The highest BCUT2D eigenvalue weighted by Crippen LogP contribution is 1.96. The van der Waals surface area contributed by atoms with Crippen LogP contribution in [0.15, 0.2) is 12.5 Å². The first kappa shape index (κ1) is 3.98. The number of nitrogens with two attached hydrogens (primary N) is 1. The largest absolute Gasteiger partial charge is 0.492 e. The number of nitrogen functional groups attached to an aromatic ring is 1. The number of hydrogen-bond acceptors (Lipinski definition) is 3. The number of imidazole rings is 1. The second-order valence-electron chi connectivity index (χ2n) is 1.18. The molecule has 1 heterocycles. The summed E-state index contributed by atoms with van der Waals surface area (Å²) in [7, 11) is 0. The van der Waals surface area contributed by atoms with Gasteiger partial charge in [0, 0.05) is 0 Å². The molecule has 0 aliphatic carbocycles. The van der Waals surface area contributed by atoms with Gasteiger partial charge in [-0.1, -0.05) is 0 Å². The molecule has 0 amide bonds. The Balaban J connectivity index is 3.04. The molecule has 0 spiro atoms. The Morgan fingerprint density at radius 3 is 2.71 bits per heavy atom. The van der Waals surface area contributed by atoms with Crippen molar-refractivity contribution in [1.29, 1.82) is 0 Å². The Bertz CT molecular complexity index is 142. The van der Waals surface area contributed by atoms with E-state index in [2.05, 4.69) is 4.98 Å². The van der Waals surface area contributed by atoms with Crippen LogP contribution in [-0.2, 0) is 0 Å². The zero-order valence-electron chi connectivity index (χ0n) is 3.57. The van der Waals surface area contributed by atoms with Crippen molar-refractivity contribution in [2.45, 2.75) is 0 Å². The van der Waals surface area contributed by atoms with Crippen LogP contribution in [0.3, 0.4) is 0 Å². The first-order chi connectivity index (χ1) is 3.29. The minimum absolute atomic E-state index is 0.0532. The third-order valence-electron chi connectivity index (χ3n) is 0.588. The van der Waals surface area contributed by atoms with E-state index in [0.29, 0.717) is 0 Å². The Morgan fingerprint density at radius 2 is 2.57 bits per heavy atom. The fourth-order valence-electron chi connectivity index (χ4n) is 0.326. The van der Waals surface area contributed by atoms with Crippen molar-refractivity contribution in [3.05, 3.63) is 12.5 Å². The van der Waals surface area contributed by atoms with Gasteiger partial charge in [-0.2, -0.15) is 0 Å². The van der Waals surface area contributed by atoms with Gasteiger partial charge in [-0.15, -0.1) is 0 Å². The molecule has 4 nitrogen and oxygen atoms in total. The van der Waals surface area contributed by atoms with Crippen LogP contribution in [-0.4, -0.2) is 14.8 Å². The summed E-state index contributed by atoms with van der Waals surface area (Å²) in [4.78, 5) is 3.41. The van der Waals surface area contributed by atoms with Gasteiger partial charge >= 0.3 is 0 Å². The summed E-state index contributed by atoms with van der Waals surface area (Å²) < 4.78 is 1.18. The maximum atomic E-state index is 8.44. The Hall–Kier alpha value is -1.19. The zero-order valence-corrected chi connectivity index (χ0v) is 3.57. The third kappa shape index (κ3) is 0.623. The molecular weight excluding hydrogens is 94.1 g/mol. The van der Waals surface area contributed by atoms with Crippen molar-refractivity contribution in [2.75, 3.05) is 5.84 Å². The van der Waals surface area contributed by atoms with Crippen LogP contribution in [0, 0.1) is 0 Å². The quantitative estimate of drug-likeness (QED) is 0.423. The molecule has 38 valence electrons. The van der Waals surface area contributed by atoms with Crippen LogP contribution in [0.5, 0.6) is 5.88 Å². The van der Waals surface area contributed by atoms with Gasteiger partial charge in [0.25, 0.3) is 0 Å². The summed E-state index contributed by atoms with van der Waals surface area (Å²) in [5.41, 5.74) is 0. The molecule has 1 aromatic heterocycles. The van der Waals surface area contributed by atoms with Gasteiger partial charge in [0.1, 0.15) is 6.33 Å². The molecule has 0 unspecified atom stereocenters. The summed E-state index contributed by atoms with van der Waals surface area (Å²) in [5, 5.41) is 8.44. The Morgan fingerprint density at radius 1 is 1.86 bits per heavy atom. The van der Waals surface area contributed by atoms with Crippen LogP contribution in [0.2, 0.25) is 0 Å². The van der Waals surface area contributed by atoms with Crippen LogP contribution in [0.4, 0.5) is 0 Å². The van der Waals surface area contributed by atoms with Gasteiger partial charge in [-0.05, 0) is 0 Å². The van der Waals surface area contributed by atoms with E-state index in [1.807, 2.05) is 0 Å². The van der Waals surface area contributed by atoms with Crippen molar-refractivity contribution >= 4 is 0 Å². The van der Waals surface area contributed by atoms with E-state index in [-0.39, 0.29) is 5.88 Å². The third-order valence-corrected chi connectivity index (χ3v) is 0.588. The van der Waals surface area contributed by atoms with Crippen LogP contribution < -0.4 is 5.84 Å². The van der Waals surface area contributed by atoms with Gasteiger partial charge in [0.15, 0.2) is 0 Å². The average molecular weight is 99.1 g/mol. The van der Waals surface area contributed by atoms with Gasteiger partial charge in [-0.25, -0.2) is 4.98 Å². The molecule has 4 heteroatoms. The van der Waals surface area contributed by atoms with Gasteiger partial charge in [0.05, 0.1) is 6.20 Å². The minimum atomic E-state index is -0.0532. The highest BCUT2D eigenvalue weighted by atomic mass is 16.3. The summed E-state index contributed by atoms with van der Waals surface area (Å²) in [6, 6.07) is 0. The normalized spacial score (nSPS) is 9.14. The molecule has 3 N–H and O–H groups in total. The van der Waals surface area contributed by atoms with E-state index in [0.717, 1.165) is 0 Å². The van der Waals surface area contributed by atoms with Crippen LogP contribution in [0.25, 0.3) is 0 Å². The predicted octanol–water partition coefficient (Wildman–Crippen LogP) is -0.698. The van der Waals surface area contributed by atoms with Gasteiger partial charge < -0.3 is 10.9 Å². The maximum Gasteiger partial charge on any atom is 0.231 e. The van der Waals surface area contributed by atoms with Crippen LogP contribution in [0.1, 0.15) is 0 Å². The summed E-state index contributed by atoms with van der Waals surface area (Å²) in [6.07, 6.45) is 2.62. The highest BCUT2D eigenvalue weighted by Gasteiger charge is 1.85. The molecule has 0 bridgehead atoms. The lowest BCUT2D eigenvalue weighted by Gasteiger charge is -1.79. The van der Waals surface area contributed by atoms with Crippen molar-refractivity contribution in [3.63, 3.8) is 0 Å². The average Bonchev–Trinajstić information content (AvgIpc) is 1.87. The van der Waals surface area contributed by atoms with E-state index in [1.54, 1.807) is 0 Å². The first-order valence-corrected chi connectivity index (χ1v) is 1.77.